The zero-order valence-electron chi connectivity index (χ0n) is 10.5. The number of carbonyl (C=O) groups excluding carboxylic acids is 2. The number of nitrogens with two attached hydrogens (primary N) is 1. The third-order valence-corrected chi connectivity index (χ3v) is 2.75. The van der Waals surface area contributed by atoms with Crippen LogP contribution in [-0.2, 0) is 0 Å². The number of nitrogens with one attached hydrogen (secondary N) is 1. The minimum Gasteiger partial charge on any atom is -0.397 e. The van der Waals surface area contributed by atoms with E-state index in [0.29, 0.717) is 22.5 Å². The van der Waals surface area contributed by atoms with Gasteiger partial charge in [-0.1, -0.05) is 24.3 Å². The van der Waals surface area contributed by atoms with Crippen LogP contribution in [0.25, 0.3) is 0 Å². The smallest absolute Gasteiger partial charge is 0.255 e. The minimum atomic E-state index is -0.291. The molecule has 0 bridgehead atoms. The van der Waals surface area contributed by atoms with Crippen LogP contribution >= 0.6 is 0 Å². The van der Waals surface area contributed by atoms with Gasteiger partial charge in [0.25, 0.3) is 5.91 Å². The summed E-state index contributed by atoms with van der Waals surface area (Å²) >= 11 is 0. The van der Waals surface area contributed by atoms with E-state index in [1.807, 2.05) is 6.07 Å². The van der Waals surface area contributed by atoms with E-state index in [4.69, 9.17) is 5.73 Å². The van der Waals surface area contributed by atoms with Crippen LogP contribution < -0.4 is 11.1 Å². The fourth-order valence-corrected chi connectivity index (χ4v) is 1.78. The van der Waals surface area contributed by atoms with Crippen LogP contribution in [0, 0.1) is 0 Å². The van der Waals surface area contributed by atoms with E-state index in [1.54, 1.807) is 42.5 Å². The number of anilines is 2. The van der Waals surface area contributed by atoms with Gasteiger partial charge in [0.1, 0.15) is 0 Å². The Balaban J connectivity index is 2.34. The molecule has 19 heavy (non-hydrogen) atoms. The lowest BCUT2D eigenvalue weighted by Crippen LogP contribution is -2.15. The fourth-order valence-electron chi connectivity index (χ4n) is 1.78. The molecular weight excluding hydrogens is 240 g/mol. The molecule has 0 aromatic heterocycles. The Morgan fingerprint density at radius 3 is 2.32 bits per heavy atom. The number of rotatable bonds is 3. The molecule has 0 aliphatic rings. The molecule has 4 heteroatoms. The molecular formula is C15H14N2O2. The first-order valence-electron chi connectivity index (χ1n) is 5.85. The van der Waals surface area contributed by atoms with Gasteiger partial charge in [0.2, 0.25) is 0 Å². The van der Waals surface area contributed by atoms with Gasteiger partial charge < -0.3 is 11.1 Å². The number of para-hydroxylation sites is 1. The van der Waals surface area contributed by atoms with Crippen LogP contribution in [0.1, 0.15) is 27.6 Å². The van der Waals surface area contributed by atoms with Crippen molar-refractivity contribution in [3.8, 4) is 0 Å². The summed E-state index contributed by atoms with van der Waals surface area (Å²) in [5.41, 5.74) is 7.48. The zero-order valence-corrected chi connectivity index (χ0v) is 10.5. The Labute approximate surface area is 111 Å². The van der Waals surface area contributed by atoms with Crippen molar-refractivity contribution < 1.29 is 9.59 Å². The maximum atomic E-state index is 12.1. The van der Waals surface area contributed by atoms with Crippen molar-refractivity contribution in [3.05, 3.63) is 59.7 Å². The van der Waals surface area contributed by atoms with Crippen molar-refractivity contribution in [2.45, 2.75) is 6.92 Å². The maximum Gasteiger partial charge on any atom is 0.255 e. The average molecular weight is 254 g/mol. The minimum absolute atomic E-state index is 0.143. The monoisotopic (exact) mass is 254 g/mol. The Morgan fingerprint density at radius 2 is 1.68 bits per heavy atom. The lowest BCUT2D eigenvalue weighted by Gasteiger charge is -2.11. The second-order valence-corrected chi connectivity index (χ2v) is 4.15. The predicted octanol–water partition coefficient (Wildman–Crippen LogP) is 2.72. The summed E-state index contributed by atoms with van der Waals surface area (Å²) in [6.07, 6.45) is 0. The summed E-state index contributed by atoms with van der Waals surface area (Å²) in [6, 6.07) is 13.7. The molecule has 2 aromatic rings. The topological polar surface area (TPSA) is 72.2 Å². The highest BCUT2D eigenvalue weighted by Crippen LogP contribution is 2.24. The lowest BCUT2D eigenvalue weighted by atomic mass is 10.1. The van der Waals surface area contributed by atoms with Crippen molar-refractivity contribution in [2.75, 3.05) is 11.1 Å². The van der Waals surface area contributed by atoms with Gasteiger partial charge in [-0.3, -0.25) is 9.59 Å². The first-order valence-corrected chi connectivity index (χ1v) is 5.85. The summed E-state index contributed by atoms with van der Waals surface area (Å²) < 4.78 is 0. The predicted molar refractivity (Wildman–Crippen MR) is 75.3 cm³/mol. The molecule has 0 atom stereocenters. The highest BCUT2D eigenvalue weighted by Gasteiger charge is 2.13. The molecule has 0 radical (unpaired) electrons. The van der Waals surface area contributed by atoms with Gasteiger partial charge in [-0.15, -0.1) is 0 Å². The SMILES string of the molecule is CC(=O)c1cccc(N)c1NC(=O)c1ccccc1. The highest BCUT2D eigenvalue weighted by molar-refractivity contribution is 6.11. The molecule has 4 nitrogen and oxygen atoms in total. The van der Waals surface area contributed by atoms with Gasteiger partial charge in [-0.25, -0.2) is 0 Å². The van der Waals surface area contributed by atoms with E-state index in [2.05, 4.69) is 5.32 Å². The molecule has 0 heterocycles. The molecule has 0 aliphatic carbocycles. The van der Waals surface area contributed by atoms with E-state index in [0.717, 1.165) is 0 Å². The Morgan fingerprint density at radius 1 is 1.00 bits per heavy atom. The van der Waals surface area contributed by atoms with Gasteiger partial charge in [-0.2, -0.15) is 0 Å². The van der Waals surface area contributed by atoms with E-state index in [1.165, 1.54) is 6.92 Å². The third kappa shape index (κ3) is 2.80. The highest BCUT2D eigenvalue weighted by atomic mass is 16.1. The van der Waals surface area contributed by atoms with E-state index >= 15 is 0 Å². The number of nitrogen functional groups attached to an aromatic ring is 1. The Bertz CT molecular complexity index is 621. The van der Waals surface area contributed by atoms with Crippen molar-refractivity contribution in [3.63, 3.8) is 0 Å². The standard InChI is InChI=1S/C15H14N2O2/c1-10(18)12-8-5-9-13(16)14(12)17-15(19)11-6-3-2-4-7-11/h2-9H,16H2,1H3,(H,17,19). The van der Waals surface area contributed by atoms with E-state index in [-0.39, 0.29) is 11.7 Å². The number of hydrogen-bond donors (Lipinski definition) is 2. The van der Waals surface area contributed by atoms with Crippen LogP contribution in [0.2, 0.25) is 0 Å². The molecule has 1 amide bonds. The van der Waals surface area contributed by atoms with Crippen molar-refractivity contribution in [1.29, 1.82) is 0 Å². The molecule has 2 aromatic carbocycles. The number of carbonyl (C=O) groups is 2. The van der Waals surface area contributed by atoms with Crippen LogP contribution in [0.3, 0.4) is 0 Å². The van der Waals surface area contributed by atoms with Gasteiger partial charge in [0.05, 0.1) is 11.4 Å². The molecule has 0 unspecified atom stereocenters. The van der Waals surface area contributed by atoms with Crippen LogP contribution in [0.5, 0.6) is 0 Å². The second kappa shape index (κ2) is 5.35. The van der Waals surface area contributed by atoms with Gasteiger partial charge in [0, 0.05) is 11.1 Å². The molecule has 2 rings (SSSR count). The summed E-state index contributed by atoms with van der Waals surface area (Å²) in [5.74, 6) is -0.434. The van der Waals surface area contributed by atoms with E-state index < -0.39 is 0 Å². The summed E-state index contributed by atoms with van der Waals surface area (Å²) in [4.78, 5) is 23.6. The molecule has 96 valence electrons. The number of hydrogen-bond acceptors (Lipinski definition) is 3. The molecule has 0 saturated carbocycles. The largest absolute Gasteiger partial charge is 0.397 e. The van der Waals surface area contributed by atoms with Crippen LogP contribution in [-0.4, -0.2) is 11.7 Å². The molecule has 0 fully saturated rings. The quantitative estimate of drug-likeness (QED) is 0.653. The summed E-state index contributed by atoms with van der Waals surface area (Å²) in [5, 5.41) is 2.69. The fraction of sp³-hybridized carbons (Fsp3) is 0.0667. The molecule has 0 saturated heterocycles. The van der Waals surface area contributed by atoms with Crippen molar-refractivity contribution >= 4 is 23.1 Å². The van der Waals surface area contributed by atoms with Crippen LogP contribution in [0.15, 0.2) is 48.5 Å². The lowest BCUT2D eigenvalue weighted by molar-refractivity contribution is 0.101. The van der Waals surface area contributed by atoms with Crippen molar-refractivity contribution in [1.82, 2.24) is 0 Å². The number of benzene rings is 2. The van der Waals surface area contributed by atoms with E-state index in [9.17, 15) is 9.59 Å². The molecule has 0 aliphatic heterocycles. The first kappa shape index (κ1) is 12.8. The third-order valence-electron chi connectivity index (χ3n) is 2.75. The normalized spacial score (nSPS) is 9.95. The van der Waals surface area contributed by atoms with Gasteiger partial charge in [-0.05, 0) is 31.2 Å². The van der Waals surface area contributed by atoms with Crippen LogP contribution in [0.4, 0.5) is 11.4 Å². The summed E-state index contributed by atoms with van der Waals surface area (Å²) in [6.45, 7) is 1.44. The first-order chi connectivity index (χ1) is 9.09. The van der Waals surface area contributed by atoms with Crippen molar-refractivity contribution in [2.24, 2.45) is 0 Å². The second-order valence-electron chi connectivity index (χ2n) is 4.15. The number of amides is 1. The molecule has 3 N–H and O–H groups in total. The Hall–Kier alpha value is -2.62. The van der Waals surface area contributed by atoms with Gasteiger partial charge >= 0.3 is 0 Å². The summed E-state index contributed by atoms with van der Waals surface area (Å²) in [7, 11) is 0. The number of Topliss-reactive ketones (excluding diaryl/α,β-unsaturated/α-hetero) is 1. The number of ketones is 1. The average Bonchev–Trinajstić information content (AvgIpc) is 2.41. The zero-order chi connectivity index (χ0) is 13.8. The van der Waals surface area contributed by atoms with Gasteiger partial charge in [0.15, 0.2) is 5.78 Å². The maximum absolute atomic E-state index is 12.1. The molecule has 0 spiro atoms. The Kier molecular flexibility index (Phi) is 3.61.